The first-order chi connectivity index (χ1) is 7.30. The molecule has 1 heteroatoms. The van der Waals surface area contributed by atoms with Crippen molar-refractivity contribution in [2.24, 2.45) is 11.3 Å². The van der Waals surface area contributed by atoms with Crippen molar-refractivity contribution in [1.29, 1.82) is 0 Å². The Morgan fingerprint density at radius 1 is 1.06 bits per heavy atom. The molecule has 1 unspecified atom stereocenters. The summed E-state index contributed by atoms with van der Waals surface area (Å²) in [6, 6.07) is 8.33. The van der Waals surface area contributed by atoms with Crippen molar-refractivity contribution in [2.75, 3.05) is 0 Å². The Morgan fingerprint density at radius 2 is 1.56 bits per heavy atom. The lowest BCUT2D eigenvalue weighted by atomic mass is 9.72. The smallest absolute Gasteiger partial charge is 0.0406 e. The molecule has 0 bridgehead atoms. The van der Waals surface area contributed by atoms with Crippen LogP contribution < -0.4 is 0 Å². The Morgan fingerprint density at radius 3 is 1.94 bits per heavy atom. The summed E-state index contributed by atoms with van der Waals surface area (Å²) in [5, 5.41) is 0.820. The third kappa shape index (κ3) is 3.83. The van der Waals surface area contributed by atoms with Crippen LogP contribution in [0.4, 0.5) is 0 Å². The molecule has 0 radical (unpaired) electrons. The maximum absolute atomic E-state index is 5.94. The lowest BCUT2D eigenvalue weighted by Gasteiger charge is -2.32. The Kier molecular flexibility index (Phi) is 4.43. The number of benzene rings is 1. The minimum atomic E-state index is 0.304. The SMILES string of the molecule is CC(C)CC(c1ccc(Cl)cc1)C(C)(C)C. The highest BCUT2D eigenvalue weighted by Crippen LogP contribution is 2.39. The summed E-state index contributed by atoms with van der Waals surface area (Å²) in [6.07, 6.45) is 1.23. The lowest BCUT2D eigenvalue weighted by molar-refractivity contribution is 0.280. The van der Waals surface area contributed by atoms with E-state index in [4.69, 9.17) is 11.6 Å². The first-order valence-corrected chi connectivity index (χ1v) is 6.44. The average molecular weight is 239 g/mol. The van der Waals surface area contributed by atoms with Crippen molar-refractivity contribution < 1.29 is 0 Å². The zero-order chi connectivity index (χ0) is 12.3. The van der Waals surface area contributed by atoms with Crippen LogP contribution in [0.2, 0.25) is 5.02 Å². The van der Waals surface area contributed by atoms with Crippen molar-refractivity contribution in [3.63, 3.8) is 0 Å². The van der Waals surface area contributed by atoms with E-state index in [-0.39, 0.29) is 0 Å². The Bertz CT molecular complexity index is 316. The van der Waals surface area contributed by atoms with E-state index in [1.807, 2.05) is 12.1 Å². The molecule has 0 fully saturated rings. The third-order valence-electron chi connectivity index (χ3n) is 3.02. The van der Waals surface area contributed by atoms with E-state index in [1.54, 1.807) is 0 Å². The molecule has 0 spiro atoms. The minimum absolute atomic E-state index is 0.304. The molecule has 0 N–H and O–H groups in total. The fourth-order valence-electron chi connectivity index (χ4n) is 2.16. The van der Waals surface area contributed by atoms with Crippen molar-refractivity contribution in [2.45, 2.75) is 47.0 Å². The van der Waals surface area contributed by atoms with E-state index in [9.17, 15) is 0 Å². The number of halogens is 1. The number of hydrogen-bond donors (Lipinski definition) is 0. The van der Waals surface area contributed by atoms with Gasteiger partial charge in [-0.3, -0.25) is 0 Å². The largest absolute Gasteiger partial charge is 0.0843 e. The van der Waals surface area contributed by atoms with Gasteiger partial charge in [-0.2, -0.15) is 0 Å². The molecule has 1 aromatic carbocycles. The van der Waals surface area contributed by atoms with Crippen LogP contribution in [0.3, 0.4) is 0 Å². The van der Waals surface area contributed by atoms with Crippen LogP contribution in [0, 0.1) is 11.3 Å². The van der Waals surface area contributed by atoms with Crippen LogP contribution in [-0.2, 0) is 0 Å². The molecular weight excluding hydrogens is 216 g/mol. The lowest BCUT2D eigenvalue weighted by Crippen LogP contribution is -2.20. The van der Waals surface area contributed by atoms with Gasteiger partial charge in [0.2, 0.25) is 0 Å². The summed E-state index contributed by atoms with van der Waals surface area (Å²) in [5.74, 6) is 1.32. The molecular formula is C15H23Cl. The monoisotopic (exact) mass is 238 g/mol. The second-order valence-corrected chi connectivity index (χ2v) is 6.54. The highest BCUT2D eigenvalue weighted by molar-refractivity contribution is 6.30. The van der Waals surface area contributed by atoms with Gasteiger partial charge in [0.15, 0.2) is 0 Å². The van der Waals surface area contributed by atoms with Crippen molar-refractivity contribution in [3.8, 4) is 0 Å². The molecule has 1 aromatic rings. The number of rotatable bonds is 3. The van der Waals surface area contributed by atoms with Crippen LogP contribution in [0.25, 0.3) is 0 Å². The molecule has 0 heterocycles. The van der Waals surface area contributed by atoms with Gasteiger partial charge >= 0.3 is 0 Å². The van der Waals surface area contributed by atoms with Gasteiger partial charge in [-0.05, 0) is 41.4 Å². The molecule has 0 aliphatic carbocycles. The highest BCUT2D eigenvalue weighted by atomic mass is 35.5. The van der Waals surface area contributed by atoms with Gasteiger partial charge in [0.05, 0.1) is 0 Å². The first-order valence-electron chi connectivity index (χ1n) is 6.06. The van der Waals surface area contributed by atoms with Crippen LogP contribution in [0.15, 0.2) is 24.3 Å². The van der Waals surface area contributed by atoms with Gasteiger partial charge in [-0.15, -0.1) is 0 Å². The Hall–Kier alpha value is -0.490. The summed E-state index contributed by atoms with van der Waals surface area (Å²) in [7, 11) is 0. The quantitative estimate of drug-likeness (QED) is 0.651. The summed E-state index contributed by atoms with van der Waals surface area (Å²) in [5.41, 5.74) is 1.71. The van der Waals surface area contributed by atoms with Crippen LogP contribution in [-0.4, -0.2) is 0 Å². The third-order valence-corrected chi connectivity index (χ3v) is 3.28. The Balaban J connectivity index is 2.97. The first kappa shape index (κ1) is 13.6. The summed E-state index contributed by atoms with van der Waals surface area (Å²) in [4.78, 5) is 0. The molecule has 0 aromatic heterocycles. The highest BCUT2D eigenvalue weighted by Gasteiger charge is 2.26. The van der Waals surface area contributed by atoms with E-state index in [2.05, 4.69) is 46.8 Å². The zero-order valence-electron chi connectivity index (χ0n) is 11.0. The van der Waals surface area contributed by atoms with Crippen LogP contribution in [0.1, 0.15) is 52.5 Å². The topological polar surface area (TPSA) is 0 Å². The molecule has 0 saturated carbocycles. The number of hydrogen-bond acceptors (Lipinski definition) is 0. The van der Waals surface area contributed by atoms with Gasteiger partial charge in [-0.1, -0.05) is 58.4 Å². The van der Waals surface area contributed by atoms with Gasteiger partial charge in [0, 0.05) is 5.02 Å². The molecule has 0 aliphatic heterocycles. The van der Waals surface area contributed by atoms with Crippen LogP contribution >= 0.6 is 11.6 Å². The van der Waals surface area contributed by atoms with E-state index in [0.29, 0.717) is 11.3 Å². The molecule has 0 amide bonds. The molecule has 1 rings (SSSR count). The Labute approximate surface area is 105 Å². The van der Waals surface area contributed by atoms with Crippen LogP contribution in [0.5, 0.6) is 0 Å². The maximum atomic E-state index is 5.94. The predicted octanol–water partition coefficient (Wildman–Crippen LogP) is 5.52. The van der Waals surface area contributed by atoms with E-state index < -0.39 is 0 Å². The van der Waals surface area contributed by atoms with Crippen molar-refractivity contribution in [1.82, 2.24) is 0 Å². The van der Waals surface area contributed by atoms with Gasteiger partial charge in [-0.25, -0.2) is 0 Å². The molecule has 1 atom stereocenters. The normalized spacial score (nSPS) is 14.2. The summed E-state index contributed by atoms with van der Waals surface area (Å²) < 4.78 is 0. The molecule has 0 aliphatic rings. The van der Waals surface area contributed by atoms with Crippen molar-refractivity contribution in [3.05, 3.63) is 34.9 Å². The van der Waals surface area contributed by atoms with Gasteiger partial charge in [0.1, 0.15) is 0 Å². The molecule has 0 nitrogen and oxygen atoms in total. The second-order valence-electron chi connectivity index (χ2n) is 6.10. The van der Waals surface area contributed by atoms with Crippen molar-refractivity contribution >= 4 is 11.6 Å². The average Bonchev–Trinajstić information content (AvgIpc) is 2.14. The van der Waals surface area contributed by atoms with Gasteiger partial charge < -0.3 is 0 Å². The van der Waals surface area contributed by atoms with E-state index in [0.717, 1.165) is 10.9 Å². The fourth-order valence-corrected chi connectivity index (χ4v) is 2.28. The van der Waals surface area contributed by atoms with E-state index in [1.165, 1.54) is 12.0 Å². The molecule has 90 valence electrons. The predicted molar refractivity (Wildman–Crippen MR) is 73.1 cm³/mol. The summed E-state index contributed by atoms with van der Waals surface area (Å²) in [6.45, 7) is 11.5. The van der Waals surface area contributed by atoms with Gasteiger partial charge in [0.25, 0.3) is 0 Å². The minimum Gasteiger partial charge on any atom is -0.0843 e. The maximum Gasteiger partial charge on any atom is 0.0406 e. The standard InChI is InChI=1S/C15H23Cl/c1-11(2)10-14(15(3,4)5)12-6-8-13(16)9-7-12/h6-9,11,14H,10H2,1-5H3. The summed E-state index contributed by atoms with van der Waals surface area (Å²) >= 11 is 5.94. The second kappa shape index (κ2) is 5.23. The zero-order valence-corrected chi connectivity index (χ0v) is 11.8. The molecule has 16 heavy (non-hydrogen) atoms. The fraction of sp³-hybridized carbons (Fsp3) is 0.600. The van der Waals surface area contributed by atoms with E-state index >= 15 is 0 Å². The molecule has 0 saturated heterocycles.